The quantitative estimate of drug-likeness (QED) is 0.452. The van der Waals surface area contributed by atoms with Gasteiger partial charge in [-0.1, -0.05) is 6.92 Å². The molecule has 0 saturated carbocycles. The van der Waals surface area contributed by atoms with Crippen molar-refractivity contribution in [2.75, 3.05) is 5.75 Å². The van der Waals surface area contributed by atoms with Crippen molar-refractivity contribution in [3.8, 4) is 0 Å². The third kappa shape index (κ3) is 2.41. The van der Waals surface area contributed by atoms with E-state index in [-0.39, 0.29) is 0 Å². The van der Waals surface area contributed by atoms with Gasteiger partial charge in [-0.05, 0) is 0 Å². The fourth-order valence-electron chi connectivity index (χ4n) is 0.0680. The summed E-state index contributed by atoms with van der Waals surface area (Å²) in [4.78, 5) is 0. The topological polar surface area (TPSA) is 26.3 Å². The zero-order chi connectivity index (χ0) is 4.99. The summed E-state index contributed by atoms with van der Waals surface area (Å²) >= 11 is -1.26. The van der Waals surface area contributed by atoms with Crippen LogP contribution in [-0.2, 0) is 15.2 Å². The molecule has 2 nitrogen and oxygen atoms in total. The molecule has 0 aliphatic carbocycles. The standard InChI is InChI=1S/C2H5BO2S/c1-2-6(4)5-3/h2H2,1H3. The molecular weight excluding hydrogens is 98.9 g/mol. The SMILES string of the molecule is [B]OS(=O)CC. The van der Waals surface area contributed by atoms with Crippen LogP contribution in [0.3, 0.4) is 0 Å². The average Bonchev–Trinajstić information content (AvgIpc) is 1.65. The highest BCUT2D eigenvalue weighted by atomic mass is 32.2. The van der Waals surface area contributed by atoms with Gasteiger partial charge in [-0.25, -0.2) is 4.21 Å². The number of rotatable bonds is 2. The van der Waals surface area contributed by atoms with E-state index in [2.05, 4.69) is 12.1 Å². The van der Waals surface area contributed by atoms with Gasteiger partial charge in [-0.2, -0.15) is 0 Å². The number of hydrogen-bond acceptors (Lipinski definition) is 2. The van der Waals surface area contributed by atoms with Gasteiger partial charge in [-0.3, -0.25) is 0 Å². The predicted molar refractivity (Wildman–Crippen MR) is 25.5 cm³/mol. The summed E-state index contributed by atoms with van der Waals surface area (Å²) in [6, 6.07) is 0. The van der Waals surface area contributed by atoms with Crippen LogP contribution in [0.2, 0.25) is 0 Å². The van der Waals surface area contributed by atoms with Crippen LogP contribution in [0.1, 0.15) is 6.92 Å². The summed E-state index contributed by atoms with van der Waals surface area (Å²) in [5, 5.41) is 0. The van der Waals surface area contributed by atoms with Gasteiger partial charge < -0.3 is 4.10 Å². The molecule has 0 saturated heterocycles. The minimum Gasteiger partial charge on any atom is -0.367 e. The van der Waals surface area contributed by atoms with Gasteiger partial charge in [0.1, 0.15) is 11.1 Å². The number of hydrogen-bond donors (Lipinski definition) is 0. The zero-order valence-electron chi connectivity index (χ0n) is 3.51. The second-order valence-electron chi connectivity index (χ2n) is 0.689. The van der Waals surface area contributed by atoms with Gasteiger partial charge in [0.25, 0.3) is 0 Å². The first-order valence-electron chi connectivity index (χ1n) is 1.56. The minimum atomic E-state index is -1.26. The Morgan fingerprint density at radius 2 is 2.50 bits per heavy atom. The Morgan fingerprint density at radius 3 is 2.50 bits per heavy atom. The van der Waals surface area contributed by atoms with Crippen molar-refractivity contribution < 1.29 is 8.31 Å². The molecule has 0 aliphatic rings. The lowest BCUT2D eigenvalue weighted by Crippen LogP contribution is -1.93. The molecule has 0 fully saturated rings. The van der Waals surface area contributed by atoms with E-state index in [1.54, 1.807) is 6.92 Å². The van der Waals surface area contributed by atoms with E-state index in [0.29, 0.717) is 5.75 Å². The second-order valence-corrected chi connectivity index (χ2v) is 2.07. The predicted octanol–water partition coefficient (Wildman–Crippen LogP) is -0.230. The molecule has 0 aliphatic heterocycles. The molecule has 0 heterocycles. The Bertz CT molecular complexity index is 49.5. The van der Waals surface area contributed by atoms with Crippen LogP contribution in [0.25, 0.3) is 0 Å². The van der Waals surface area contributed by atoms with Gasteiger partial charge in [0.05, 0.1) is 0 Å². The van der Waals surface area contributed by atoms with Crippen LogP contribution < -0.4 is 0 Å². The Labute approximate surface area is 41.0 Å². The Balaban J connectivity index is 2.99. The molecule has 0 N–H and O–H groups in total. The highest BCUT2D eigenvalue weighted by molar-refractivity contribution is 7.80. The van der Waals surface area contributed by atoms with Crippen molar-refractivity contribution >= 4 is 19.1 Å². The Kier molecular flexibility index (Phi) is 3.47. The van der Waals surface area contributed by atoms with Crippen molar-refractivity contribution in [1.82, 2.24) is 0 Å². The molecule has 0 aromatic carbocycles. The van der Waals surface area contributed by atoms with Crippen molar-refractivity contribution in [2.24, 2.45) is 0 Å². The van der Waals surface area contributed by atoms with Gasteiger partial charge in [0.15, 0.2) is 0 Å². The Hall–Kier alpha value is 0.175. The highest BCUT2D eigenvalue weighted by Gasteiger charge is 1.83. The van der Waals surface area contributed by atoms with Crippen LogP contribution in [0, 0.1) is 0 Å². The van der Waals surface area contributed by atoms with Crippen molar-refractivity contribution in [1.29, 1.82) is 0 Å². The summed E-state index contributed by atoms with van der Waals surface area (Å²) in [7, 11) is 4.48. The minimum absolute atomic E-state index is 0.455. The van der Waals surface area contributed by atoms with E-state index < -0.39 is 11.1 Å². The van der Waals surface area contributed by atoms with Crippen LogP contribution in [0.15, 0.2) is 0 Å². The molecule has 4 heteroatoms. The van der Waals surface area contributed by atoms with Crippen molar-refractivity contribution in [3.05, 3.63) is 0 Å². The molecule has 1 unspecified atom stereocenters. The zero-order valence-corrected chi connectivity index (χ0v) is 4.33. The molecule has 0 aromatic heterocycles. The highest BCUT2D eigenvalue weighted by Crippen LogP contribution is 1.74. The lowest BCUT2D eigenvalue weighted by Gasteiger charge is -1.86. The summed E-state index contributed by atoms with van der Waals surface area (Å²) in [6.45, 7) is 1.73. The van der Waals surface area contributed by atoms with Gasteiger partial charge in [-0.15, -0.1) is 0 Å². The molecule has 0 rings (SSSR count). The maximum atomic E-state index is 9.94. The molecule has 1 atom stereocenters. The van der Waals surface area contributed by atoms with Gasteiger partial charge in [0, 0.05) is 5.75 Å². The molecule has 0 bridgehead atoms. The van der Waals surface area contributed by atoms with Crippen LogP contribution in [-0.4, -0.2) is 18.0 Å². The third-order valence-electron chi connectivity index (χ3n) is 0.343. The van der Waals surface area contributed by atoms with E-state index in [0.717, 1.165) is 0 Å². The van der Waals surface area contributed by atoms with Crippen LogP contribution in [0.4, 0.5) is 0 Å². The smallest absolute Gasteiger partial charge is 0.308 e. The van der Waals surface area contributed by atoms with Crippen molar-refractivity contribution in [2.45, 2.75) is 6.92 Å². The third-order valence-corrected chi connectivity index (χ3v) is 1.03. The largest absolute Gasteiger partial charge is 0.367 e. The summed E-state index contributed by atoms with van der Waals surface area (Å²) in [5.41, 5.74) is 0. The Morgan fingerprint density at radius 1 is 2.00 bits per heavy atom. The van der Waals surface area contributed by atoms with Crippen LogP contribution in [0.5, 0.6) is 0 Å². The first-order valence-corrected chi connectivity index (χ1v) is 2.81. The van der Waals surface area contributed by atoms with Crippen LogP contribution >= 0.6 is 0 Å². The monoisotopic (exact) mass is 104 g/mol. The summed E-state index contributed by atoms with van der Waals surface area (Å²) in [5.74, 6) is 0.455. The normalized spacial score (nSPS) is 14.2. The fraction of sp³-hybridized carbons (Fsp3) is 1.00. The summed E-state index contributed by atoms with van der Waals surface area (Å²) in [6.07, 6.45) is 0. The molecule has 6 heavy (non-hydrogen) atoms. The first-order chi connectivity index (χ1) is 2.81. The van der Waals surface area contributed by atoms with E-state index >= 15 is 0 Å². The van der Waals surface area contributed by atoms with E-state index in [1.165, 1.54) is 0 Å². The molecule has 2 radical (unpaired) electrons. The average molecular weight is 104 g/mol. The molecule has 0 amide bonds. The first kappa shape index (κ1) is 6.17. The fourth-order valence-corrected chi connectivity index (χ4v) is 0.204. The molecular formula is C2H5BO2S. The van der Waals surface area contributed by atoms with E-state index in [1.807, 2.05) is 0 Å². The molecule has 0 aromatic rings. The van der Waals surface area contributed by atoms with E-state index in [4.69, 9.17) is 0 Å². The second kappa shape index (κ2) is 3.37. The molecule has 0 spiro atoms. The lowest BCUT2D eigenvalue weighted by atomic mass is 10.6. The summed E-state index contributed by atoms with van der Waals surface area (Å²) < 4.78 is 13.8. The molecule has 34 valence electrons. The van der Waals surface area contributed by atoms with E-state index in [9.17, 15) is 4.21 Å². The maximum absolute atomic E-state index is 9.94. The maximum Gasteiger partial charge on any atom is 0.308 e. The lowest BCUT2D eigenvalue weighted by molar-refractivity contribution is 0.597. The van der Waals surface area contributed by atoms with Gasteiger partial charge >= 0.3 is 8.05 Å². The van der Waals surface area contributed by atoms with Crippen molar-refractivity contribution in [3.63, 3.8) is 0 Å². The van der Waals surface area contributed by atoms with Gasteiger partial charge in [0.2, 0.25) is 0 Å².